The Morgan fingerprint density at radius 3 is 1.20 bits per heavy atom. The molecule has 0 spiro atoms. The molecular formula is AlBr2Cl2-. The molecule has 0 atom stereocenters. The van der Waals surface area contributed by atoms with Crippen LogP contribution in [0.15, 0.2) is 0 Å². The highest BCUT2D eigenvalue weighted by atomic mass is 79.9. The van der Waals surface area contributed by atoms with Crippen LogP contribution in [0.4, 0.5) is 0 Å². The molecular weight excluding hydrogens is 258 g/mol. The zero-order valence-electron chi connectivity index (χ0n) is 2.09. The SMILES string of the molecule is [Cl][Al-]([Cl])([Br])[Br]. The molecule has 0 radical (unpaired) electrons. The van der Waals surface area contributed by atoms with Crippen molar-refractivity contribution in [3.8, 4) is 0 Å². The molecule has 0 bridgehead atoms. The van der Waals surface area contributed by atoms with E-state index >= 15 is 0 Å². The molecule has 0 aliphatic carbocycles. The molecule has 5 heavy (non-hydrogen) atoms. The predicted octanol–water partition coefficient (Wildman–Crippen LogP) is 2.69. The quantitative estimate of drug-likeness (QED) is 0.586. The average molecular weight is 258 g/mol. The van der Waals surface area contributed by atoms with Gasteiger partial charge < -0.3 is 48.2 Å². The molecule has 0 fully saturated rings. The van der Waals surface area contributed by atoms with Crippen molar-refractivity contribution in [1.82, 2.24) is 0 Å². The zero-order chi connectivity index (χ0) is 4.50. The standard InChI is InChI=1S/Al.2BrH.2ClH/h;4*1H/q+3;;;;/p-4. The molecule has 0 amide bonds. The van der Waals surface area contributed by atoms with Crippen LogP contribution in [0.5, 0.6) is 0 Å². The first-order valence-electron chi connectivity index (χ1n) is 0.873. The molecule has 0 rings (SSSR count). The molecule has 0 nitrogen and oxygen atoms in total. The van der Waals surface area contributed by atoms with E-state index in [1.54, 1.807) is 0 Å². The van der Waals surface area contributed by atoms with Gasteiger partial charge >= 0.3 is 7.58 Å². The molecule has 0 unspecified atom stereocenters. The lowest BCUT2D eigenvalue weighted by molar-refractivity contribution is 4.16. The van der Waals surface area contributed by atoms with Crippen molar-refractivity contribution in [2.24, 2.45) is 0 Å². The molecule has 0 N–H and O–H groups in total. The highest BCUT2D eigenvalue weighted by Gasteiger charge is 2.11. The van der Waals surface area contributed by atoms with Crippen LogP contribution in [0.3, 0.4) is 0 Å². The van der Waals surface area contributed by atoms with Crippen molar-refractivity contribution in [3.05, 3.63) is 0 Å². The topological polar surface area (TPSA) is 0 Å². The van der Waals surface area contributed by atoms with Crippen LogP contribution in [-0.2, 0) is 0 Å². The van der Waals surface area contributed by atoms with Gasteiger partial charge in [0, 0.05) is 0 Å². The van der Waals surface area contributed by atoms with Crippen LogP contribution < -0.4 is 0 Å². The Hall–Kier alpha value is 2.07. The first-order valence-corrected chi connectivity index (χ1v) is 10.7. The second-order valence-corrected chi connectivity index (χ2v) is 24.3. The summed E-state index contributed by atoms with van der Waals surface area (Å²) in [5.74, 6) is 0. The van der Waals surface area contributed by atoms with E-state index < -0.39 is 7.58 Å². The normalized spacial score (nSPS) is 12.0. The predicted molar refractivity (Wildman–Crippen MR) is 35.3 cm³/mol. The maximum Gasteiger partial charge on any atom is 0.505 e. The summed E-state index contributed by atoms with van der Waals surface area (Å²) < 4.78 is 0. The number of rotatable bonds is 0. The summed E-state index contributed by atoms with van der Waals surface area (Å²) in [5, 5.41) is 0. The van der Waals surface area contributed by atoms with Gasteiger partial charge in [-0.1, -0.05) is 0 Å². The van der Waals surface area contributed by atoms with Gasteiger partial charge in [-0.2, -0.15) is 0 Å². The molecule has 5 heteroatoms. The van der Waals surface area contributed by atoms with Gasteiger partial charge in [0.25, 0.3) is 0 Å². The van der Waals surface area contributed by atoms with Crippen molar-refractivity contribution in [1.29, 1.82) is 0 Å². The fourth-order valence-corrected chi connectivity index (χ4v) is 0. The van der Waals surface area contributed by atoms with Gasteiger partial charge in [-0.05, 0) is 0 Å². The van der Waals surface area contributed by atoms with Crippen molar-refractivity contribution in [2.75, 3.05) is 0 Å². The Balaban J connectivity index is 3.02. The van der Waals surface area contributed by atoms with Crippen LogP contribution >= 0.6 is 48.2 Å². The number of halogens is 4. The molecule has 32 valence electrons. The molecule has 0 saturated carbocycles. The molecule has 0 saturated heterocycles. The molecule has 0 aromatic heterocycles. The van der Waals surface area contributed by atoms with Crippen LogP contribution in [0.25, 0.3) is 0 Å². The summed E-state index contributed by atoms with van der Waals surface area (Å²) in [6.45, 7) is 0. The van der Waals surface area contributed by atoms with Gasteiger partial charge in [0.1, 0.15) is 0 Å². The van der Waals surface area contributed by atoms with Gasteiger partial charge in [-0.15, -0.1) is 0 Å². The van der Waals surface area contributed by atoms with Crippen molar-refractivity contribution in [2.45, 2.75) is 0 Å². The zero-order valence-corrected chi connectivity index (χ0v) is 7.93. The van der Waals surface area contributed by atoms with E-state index in [1.165, 1.54) is 0 Å². The van der Waals surface area contributed by atoms with E-state index in [-0.39, 0.29) is 0 Å². The van der Waals surface area contributed by atoms with Crippen molar-refractivity contribution in [3.63, 3.8) is 0 Å². The lowest BCUT2D eigenvalue weighted by Gasteiger charge is -1.98. The first-order chi connectivity index (χ1) is 2.00. The monoisotopic (exact) mass is 255 g/mol. The van der Waals surface area contributed by atoms with E-state index in [9.17, 15) is 0 Å². The third-order valence-corrected chi connectivity index (χ3v) is 0. The highest BCUT2D eigenvalue weighted by molar-refractivity contribution is 9.54. The Bertz CT molecular complexity index is 23.1. The smallest absolute Gasteiger partial charge is 0.400 e. The second kappa shape index (κ2) is 2.40. The molecule has 0 aliphatic heterocycles. The Morgan fingerprint density at radius 2 is 1.20 bits per heavy atom. The number of hydrogen-bond acceptors (Lipinski definition) is 0. The minimum Gasteiger partial charge on any atom is -0.400 e. The van der Waals surface area contributed by atoms with Crippen LogP contribution in [0, 0.1) is 0 Å². The van der Waals surface area contributed by atoms with E-state index in [1.807, 2.05) is 0 Å². The van der Waals surface area contributed by atoms with Gasteiger partial charge in [-0.3, -0.25) is 0 Å². The van der Waals surface area contributed by atoms with Gasteiger partial charge in [0.15, 0.2) is 0 Å². The maximum absolute atomic E-state index is 5.30. The van der Waals surface area contributed by atoms with Crippen LogP contribution in [-0.4, -0.2) is 7.58 Å². The van der Waals surface area contributed by atoms with Crippen LogP contribution in [0.1, 0.15) is 0 Å². The lowest BCUT2D eigenvalue weighted by atomic mass is 26.7. The number of hydrogen-bond donors (Lipinski definition) is 0. The second-order valence-electron chi connectivity index (χ2n) is 0.495. The van der Waals surface area contributed by atoms with Crippen LogP contribution in [0.2, 0.25) is 0 Å². The molecule has 0 aromatic rings. The Kier molecular flexibility index (Phi) is 3.39. The first kappa shape index (κ1) is 7.07. The Morgan fingerprint density at radius 1 is 1.20 bits per heavy atom. The van der Waals surface area contributed by atoms with Crippen molar-refractivity contribution < 1.29 is 0 Å². The summed E-state index contributed by atoms with van der Waals surface area (Å²) in [4.78, 5) is 0. The fraction of sp³-hybridized carbons (Fsp3) is 0. The average Bonchev–Trinajstić information content (AvgIpc) is 0.722. The summed E-state index contributed by atoms with van der Waals surface area (Å²) in [7, 11) is 8.33. The summed E-state index contributed by atoms with van der Waals surface area (Å²) in [6, 6.07) is 0. The van der Waals surface area contributed by atoms with E-state index in [4.69, 9.17) is 20.1 Å². The third-order valence-electron chi connectivity index (χ3n) is 0. The summed E-state index contributed by atoms with van der Waals surface area (Å²) in [5.41, 5.74) is 0. The van der Waals surface area contributed by atoms with E-state index in [0.717, 1.165) is 0 Å². The van der Waals surface area contributed by atoms with Gasteiger partial charge in [-0.25, -0.2) is 0 Å². The lowest BCUT2D eigenvalue weighted by Crippen LogP contribution is -1.89. The van der Waals surface area contributed by atoms with Gasteiger partial charge in [0.2, 0.25) is 0 Å². The minimum atomic E-state index is -2.26. The van der Waals surface area contributed by atoms with Gasteiger partial charge in [0.05, 0.1) is 0 Å². The largest absolute Gasteiger partial charge is 0.505 e. The Labute approximate surface area is 55.2 Å². The minimum absolute atomic E-state index is 2.26. The summed E-state index contributed by atoms with van der Waals surface area (Å²) >= 11 is 5.98. The maximum atomic E-state index is 5.30. The van der Waals surface area contributed by atoms with E-state index in [0.29, 0.717) is 0 Å². The molecule has 0 heterocycles. The molecule has 0 aromatic carbocycles. The summed E-state index contributed by atoms with van der Waals surface area (Å²) in [6.07, 6.45) is 0. The highest BCUT2D eigenvalue weighted by Crippen LogP contribution is 2.28. The fourth-order valence-electron chi connectivity index (χ4n) is 0. The van der Waals surface area contributed by atoms with E-state index in [2.05, 4.69) is 28.1 Å². The third kappa shape index (κ3) is 23.4. The molecule has 0 aliphatic rings. The van der Waals surface area contributed by atoms with Crippen molar-refractivity contribution >= 4 is 55.8 Å².